The summed E-state index contributed by atoms with van der Waals surface area (Å²) in [4.78, 5) is 24.9. The fraction of sp³-hybridized carbons (Fsp3) is 0.412. The van der Waals surface area contributed by atoms with Crippen LogP contribution in [0.1, 0.15) is 53.7 Å². The topological polar surface area (TPSA) is 61.4 Å². The fourth-order valence-corrected chi connectivity index (χ4v) is 3.35. The van der Waals surface area contributed by atoms with Gasteiger partial charge in [0.15, 0.2) is 5.76 Å². The zero-order valence-corrected chi connectivity index (χ0v) is 14.8. The molecule has 122 valence electrons. The largest absolute Gasteiger partial charge is 0.462 e. The lowest BCUT2D eigenvalue weighted by atomic mass is 10.0. The van der Waals surface area contributed by atoms with Crippen LogP contribution >= 0.6 is 15.9 Å². The van der Waals surface area contributed by atoms with Gasteiger partial charge in [-0.2, -0.15) is 0 Å². The molecule has 0 bridgehead atoms. The van der Waals surface area contributed by atoms with Crippen LogP contribution in [0.5, 0.6) is 0 Å². The maximum atomic E-state index is 12.7. The van der Waals surface area contributed by atoms with Gasteiger partial charge in [-0.15, -0.1) is 0 Å². The van der Waals surface area contributed by atoms with Gasteiger partial charge in [0, 0.05) is 18.3 Å². The Kier molecular flexibility index (Phi) is 4.19. The predicted molar refractivity (Wildman–Crippen MR) is 87.6 cm³/mol. The highest BCUT2D eigenvalue weighted by atomic mass is 79.9. The van der Waals surface area contributed by atoms with Gasteiger partial charge in [-0.1, -0.05) is 0 Å². The number of hydrogen-bond donors (Lipinski definition) is 0. The quantitative estimate of drug-likeness (QED) is 0.598. The van der Waals surface area contributed by atoms with E-state index in [9.17, 15) is 9.59 Å². The normalized spacial score (nSPS) is 16.7. The molecule has 0 N–H and O–H groups in total. The number of aryl methyl sites for hydroxylation is 1. The Bertz CT molecular complexity index is 772. The third kappa shape index (κ3) is 2.87. The Morgan fingerprint density at radius 2 is 2.13 bits per heavy atom. The second kappa shape index (κ2) is 6.00. The maximum Gasteiger partial charge on any atom is 0.315 e. The molecule has 6 heteroatoms. The van der Waals surface area contributed by atoms with Crippen LogP contribution in [0.25, 0.3) is 0 Å². The molecular weight excluding hydrogens is 362 g/mol. The number of hydrogen-bond acceptors (Lipinski definition) is 4. The maximum absolute atomic E-state index is 12.7. The highest BCUT2D eigenvalue weighted by Crippen LogP contribution is 2.35. The molecule has 0 fully saturated rings. The van der Waals surface area contributed by atoms with E-state index >= 15 is 0 Å². The lowest BCUT2D eigenvalue weighted by Crippen LogP contribution is -2.18. The second-order valence-corrected chi connectivity index (χ2v) is 6.95. The molecule has 0 saturated carbocycles. The second-order valence-electron chi connectivity index (χ2n) is 6.04. The first kappa shape index (κ1) is 16.1. The average Bonchev–Trinajstić information content (AvgIpc) is 3.12. The molecule has 0 radical (unpaired) electrons. The fourth-order valence-electron chi connectivity index (χ4n) is 3.05. The van der Waals surface area contributed by atoms with E-state index in [0.717, 1.165) is 15.7 Å². The first-order valence-corrected chi connectivity index (χ1v) is 8.37. The summed E-state index contributed by atoms with van der Waals surface area (Å²) in [5.41, 5.74) is 2.28. The smallest absolute Gasteiger partial charge is 0.315 e. The van der Waals surface area contributed by atoms with E-state index in [-0.39, 0.29) is 29.5 Å². The Morgan fingerprint density at radius 1 is 1.39 bits per heavy atom. The number of furan rings is 1. The van der Waals surface area contributed by atoms with E-state index in [4.69, 9.17) is 9.15 Å². The molecule has 0 spiro atoms. The van der Waals surface area contributed by atoms with E-state index in [0.29, 0.717) is 18.7 Å². The minimum absolute atomic E-state index is 0.144. The Balaban J connectivity index is 1.94. The van der Waals surface area contributed by atoms with Gasteiger partial charge in [-0.25, -0.2) is 0 Å². The SMILES string of the molecule is Cc1cc2n(c1C(=O)c1cc(Br)co1)CCC2C(=O)OC(C)C. The minimum Gasteiger partial charge on any atom is -0.462 e. The highest BCUT2D eigenvalue weighted by molar-refractivity contribution is 9.10. The number of nitrogens with zero attached hydrogens (tertiary/aromatic N) is 1. The van der Waals surface area contributed by atoms with Crippen molar-refractivity contribution in [2.75, 3.05) is 0 Å². The zero-order chi connectivity index (χ0) is 16.7. The van der Waals surface area contributed by atoms with Crippen LogP contribution in [0.3, 0.4) is 0 Å². The molecule has 0 aliphatic carbocycles. The summed E-state index contributed by atoms with van der Waals surface area (Å²) in [6.45, 7) is 6.17. The van der Waals surface area contributed by atoms with Crippen molar-refractivity contribution in [3.8, 4) is 0 Å². The van der Waals surface area contributed by atoms with Crippen LogP contribution in [-0.2, 0) is 16.1 Å². The average molecular weight is 380 g/mol. The van der Waals surface area contributed by atoms with Gasteiger partial charge in [-0.3, -0.25) is 9.59 Å². The Morgan fingerprint density at radius 3 is 2.74 bits per heavy atom. The zero-order valence-electron chi connectivity index (χ0n) is 13.3. The van der Waals surface area contributed by atoms with Gasteiger partial charge in [0.1, 0.15) is 6.26 Å². The van der Waals surface area contributed by atoms with Crippen molar-refractivity contribution in [2.24, 2.45) is 0 Å². The standard InChI is InChI=1S/C17H18BrNO4/c1-9(2)23-17(21)12-4-5-19-13(12)6-10(3)15(19)16(20)14-7-11(18)8-22-14/h6-9,12H,4-5H2,1-3H3. The number of ether oxygens (including phenoxy) is 1. The predicted octanol–water partition coefficient (Wildman–Crippen LogP) is 3.82. The number of carbonyl (C=O) groups is 2. The third-order valence-corrected chi connectivity index (χ3v) is 4.38. The van der Waals surface area contributed by atoms with E-state index in [1.165, 1.54) is 6.26 Å². The Labute approximate surface area is 142 Å². The molecule has 2 aromatic rings. The molecule has 3 heterocycles. The van der Waals surface area contributed by atoms with Crippen LogP contribution in [0.2, 0.25) is 0 Å². The lowest BCUT2D eigenvalue weighted by Gasteiger charge is -2.12. The number of halogens is 1. The van der Waals surface area contributed by atoms with Crippen LogP contribution < -0.4 is 0 Å². The minimum atomic E-state index is -0.305. The molecule has 0 aromatic carbocycles. The first-order valence-electron chi connectivity index (χ1n) is 7.57. The summed E-state index contributed by atoms with van der Waals surface area (Å²) in [5.74, 6) is -0.414. The van der Waals surface area contributed by atoms with Crippen LogP contribution in [0, 0.1) is 6.92 Å². The highest BCUT2D eigenvalue weighted by Gasteiger charge is 2.35. The number of fused-ring (bicyclic) bond motifs is 1. The summed E-state index contributed by atoms with van der Waals surface area (Å²) in [5, 5.41) is 0. The van der Waals surface area contributed by atoms with Crippen molar-refractivity contribution in [2.45, 2.75) is 45.8 Å². The van der Waals surface area contributed by atoms with Crippen LogP contribution in [0.15, 0.2) is 27.3 Å². The van der Waals surface area contributed by atoms with Crippen molar-refractivity contribution >= 4 is 27.7 Å². The number of carbonyl (C=O) groups excluding carboxylic acids is 2. The summed E-state index contributed by atoms with van der Waals surface area (Å²) >= 11 is 3.28. The number of ketones is 1. The van der Waals surface area contributed by atoms with Crippen LogP contribution in [-0.4, -0.2) is 22.4 Å². The first-order chi connectivity index (χ1) is 10.9. The summed E-state index contributed by atoms with van der Waals surface area (Å²) < 4.78 is 13.3. The number of esters is 1. The number of rotatable bonds is 4. The molecule has 5 nitrogen and oxygen atoms in total. The molecule has 1 unspecified atom stereocenters. The molecule has 0 amide bonds. The molecule has 1 atom stereocenters. The molecule has 1 aliphatic rings. The monoisotopic (exact) mass is 379 g/mol. The lowest BCUT2D eigenvalue weighted by molar-refractivity contribution is -0.149. The van der Waals surface area contributed by atoms with Crippen molar-refractivity contribution < 1.29 is 18.7 Å². The molecule has 3 rings (SSSR count). The van der Waals surface area contributed by atoms with Crippen molar-refractivity contribution in [3.63, 3.8) is 0 Å². The van der Waals surface area contributed by atoms with Gasteiger partial charge >= 0.3 is 5.97 Å². The number of aromatic nitrogens is 1. The van der Waals surface area contributed by atoms with Gasteiger partial charge in [-0.05, 0) is 54.8 Å². The van der Waals surface area contributed by atoms with Gasteiger partial charge in [0.05, 0.1) is 22.2 Å². The van der Waals surface area contributed by atoms with Crippen molar-refractivity contribution in [3.05, 3.63) is 45.6 Å². The summed E-state index contributed by atoms with van der Waals surface area (Å²) in [6, 6.07) is 3.56. The molecular formula is C17H18BrNO4. The summed E-state index contributed by atoms with van der Waals surface area (Å²) in [6.07, 6.45) is 2.00. The summed E-state index contributed by atoms with van der Waals surface area (Å²) in [7, 11) is 0. The van der Waals surface area contributed by atoms with E-state index < -0.39 is 0 Å². The molecule has 2 aromatic heterocycles. The van der Waals surface area contributed by atoms with Crippen molar-refractivity contribution in [1.29, 1.82) is 0 Å². The van der Waals surface area contributed by atoms with Gasteiger partial charge in [0.25, 0.3) is 0 Å². The van der Waals surface area contributed by atoms with Crippen molar-refractivity contribution in [1.82, 2.24) is 4.57 Å². The molecule has 1 aliphatic heterocycles. The van der Waals surface area contributed by atoms with E-state index in [2.05, 4.69) is 15.9 Å². The van der Waals surface area contributed by atoms with Crippen LogP contribution in [0.4, 0.5) is 0 Å². The van der Waals surface area contributed by atoms with Gasteiger partial charge in [0.2, 0.25) is 5.78 Å². The van der Waals surface area contributed by atoms with Gasteiger partial charge < -0.3 is 13.7 Å². The molecule has 23 heavy (non-hydrogen) atoms. The molecule has 0 saturated heterocycles. The van der Waals surface area contributed by atoms with E-state index in [1.54, 1.807) is 6.07 Å². The van der Waals surface area contributed by atoms with E-state index in [1.807, 2.05) is 31.4 Å². The third-order valence-electron chi connectivity index (χ3n) is 3.96. The Hall–Kier alpha value is -1.82.